The molecule has 3 nitrogen and oxygen atoms in total. The standard InChI is InChI=1S/C12H22N2O/c1-5-6-7-10-12(15)11(8-9(2)3)14(4)13-10/h9,15H,5-8H2,1-4H3. The van der Waals surface area contributed by atoms with Crippen molar-refractivity contribution >= 4 is 0 Å². The fraction of sp³-hybridized carbons (Fsp3) is 0.750. The summed E-state index contributed by atoms with van der Waals surface area (Å²) in [5, 5.41) is 14.4. The zero-order chi connectivity index (χ0) is 11.4. The van der Waals surface area contributed by atoms with Crippen molar-refractivity contribution in [1.29, 1.82) is 0 Å². The van der Waals surface area contributed by atoms with E-state index in [4.69, 9.17) is 0 Å². The Labute approximate surface area is 92.1 Å². The lowest BCUT2D eigenvalue weighted by Crippen LogP contribution is -2.02. The minimum atomic E-state index is 0.416. The molecule has 15 heavy (non-hydrogen) atoms. The number of nitrogens with zero attached hydrogens (tertiary/aromatic N) is 2. The Balaban J connectivity index is 2.83. The summed E-state index contributed by atoms with van der Waals surface area (Å²) in [5.74, 6) is 0.963. The largest absolute Gasteiger partial charge is 0.504 e. The van der Waals surface area contributed by atoms with Crippen molar-refractivity contribution in [2.45, 2.75) is 46.5 Å². The van der Waals surface area contributed by atoms with E-state index in [1.807, 2.05) is 11.7 Å². The van der Waals surface area contributed by atoms with Gasteiger partial charge in [0, 0.05) is 7.05 Å². The maximum atomic E-state index is 10.0. The Bertz CT molecular complexity index is 316. The normalized spacial score (nSPS) is 11.3. The van der Waals surface area contributed by atoms with Gasteiger partial charge in [-0.05, 0) is 25.2 Å². The van der Waals surface area contributed by atoms with Crippen LogP contribution in [0.3, 0.4) is 0 Å². The summed E-state index contributed by atoms with van der Waals surface area (Å²) in [4.78, 5) is 0. The van der Waals surface area contributed by atoms with E-state index < -0.39 is 0 Å². The van der Waals surface area contributed by atoms with Crippen LogP contribution in [0, 0.1) is 5.92 Å². The van der Waals surface area contributed by atoms with Crippen LogP contribution in [0.2, 0.25) is 0 Å². The van der Waals surface area contributed by atoms with E-state index in [2.05, 4.69) is 25.9 Å². The van der Waals surface area contributed by atoms with Crippen LogP contribution in [0.1, 0.15) is 45.0 Å². The van der Waals surface area contributed by atoms with Crippen molar-refractivity contribution in [3.8, 4) is 5.75 Å². The highest BCUT2D eigenvalue weighted by molar-refractivity contribution is 5.32. The van der Waals surface area contributed by atoms with Crippen LogP contribution in [-0.4, -0.2) is 14.9 Å². The van der Waals surface area contributed by atoms with Crippen LogP contribution >= 0.6 is 0 Å². The second-order valence-corrected chi connectivity index (χ2v) is 4.57. The molecule has 3 heteroatoms. The summed E-state index contributed by atoms with van der Waals surface area (Å²) >= 11 is 0. The molecule has 0 radical (unpaired) electrons. The van der Waals surface area contributed by atoms with E-state index in [0.717, 1.165) is 37.1 Å². The van der Waals surface area contributed by atoms with Crippen LogP contribution in [0.4, 0.5) is 0 Å². The fourth-order valence-electron chi connectivity index (χ4n) is 1.74. The van der Waals surface area contributed by atoms with Gasteiger partial charge in [0.1, 0.15) is 5.69 Å². The summed E-state index contributed by atoms with van der Waals surface area (Å²) in [7, 11) is 1.91. The van der Waals surface area contributed by atoms with Crippen LogP contribution in [-0.2, 0) is 19.9 Å². The van der Waals surface area contributed by atoms with Crippen molar-refractivity contribution in [3.05, 3.63) is 11.4 Å². The molecule has 1 rings (SSSR count). The molecule has 1 aromatic heterocycles. The fourth-order valence-corrected chi connectivity index (χ4v) is 1.74. The topological polar surface area (TPSA) is 38.0 Å². The lowest BCUT2D eigenvalue weighted by Gasteiger charge is -2.05. The van der Waals surface area contributed by atoms with E-state index in [0.29, 0.717) is 11.7 Å². The summed E-state index contributed by atoms with van der Waals surface area (Å²) in [6, 6.07) is 0. The highest BCUT2D eigenvalue weighted by Gasteiger charge is 2.15. The van der Waals surface area contributed by atoms with E-state index >= 15 is 0 Å². The second kappa shape index (κ2) is 5.19. The van der Waals surface area contributed by atoms with Gasteiger partial charge in [-0.15, -0.1) is 0 Å². The summed E-state index contributed by atoms with van der Waals surface area (Å²) in [6.45, 7) is 6.45. The minimum Gasteiger partial charge on any atom is -0.504 e. The third kappa shape index (κ3) is 2.98. The van der Waals surface area contributed by atoms with Gasteiger partial charge >= 0.3 is 0 Å². The lowest BCUT2D eigenvalue weighted by atomic mass is 10.1. The Kier molecular flexibility index (Phi) is 4.18. The highest BCUT2D eigenvalue weighted by atomic mass is 16.3. The van der Waals surface area contributed by atoms with Gasteiger partial charge in [0.2, 0.25) is 0 Å². The number of aromatic hydroxyl groups is 1. The molecule has 0 fully saturated rings. The van der Waals surface area contributed by atoms with Crippen molar-refractivity contribution in [2.24, 2.45) is 13.0 Å². The predicted molar refractivity (Wildman–Crippen MR) is 62.0 cm³/mol. The first-order valence-electron chi connectivity index (χ1n) is 5.80. The lowest BCUT2D eigenvalue weighted by molar-refractivity contribution is 0.452. The zero-order valence-corrected chi connectivity index (χ0v) is 10.2. The maximum Gasteiger partial charge on any atom is 0.160 e. The Morgan fingerprint density at radius 2 is 2.07 bits per heavy atom. The van der Waals surface area contributed by atoms with Crippen LogP contribution in [0.25, 0.3) is 0 Å². The number of hydrogen-bond acceptors (Lipinski definition) is 2. The molecule has 86 valence electrons. The molecule has 0 aliphatic carbocycles. The molecule has 0 spiro atoms. The van der Waals surface area contributed by atoms with Crippen molar-refractivity contribution in [1.82, 2.24) is 9.78 Å². The Morgan fingerprint density at radius 3 is 2.60 bits per heavy atom. The van der Waals surface area contributed by atoms with Crippen LogP contribution < -0.4 is 0 Å². The van der Waals surface area contributed by atoms with Gasteiger partial charge in [-0.3, -0.25) is 4.68 Å². The first-order valence-corrected chi connectivity index (χ1v) is 5.80. The van der Waals surface area contributed by atoms with Gasteiger partial charge in [-0.2, -0.15) is 5.10 Å². The first kappa shape index (κ1) is 12.1. The molecule has 1 N–H and O–H groups in total. The average Bonchev–Trinajstić information content (AvgIpc) is 2.42. The maximum absolute atomic E-state index is 10.0. The van der Waals surface area contributed by atoms with Gasteiger partial charge in [0.05, 0.1) is 5.69 Å². The van der Waals surface area contributed by atoms with Crippen molar-refractivity contribution < 1.29 is 5.11 Å². The van der Waals surface area contributed by atoms with E-state index in [9.17, 15) is 5.11 Å². The molecular formula is C12H22N2O. The van der Waals surface area contributed by atoms with E-state index in [1.54, 1.807) is 0 Å². The molecule has 1 heterocycles. The summed E-state index contributed by atoms with van der Waals surface area (Å²) < 4.78 is 1.82. The number of unbranched alkanes of at least 4 members (excludes halogenated alkanes) is 1. The number of hydrogen-bond donors (Lipinski definition) is 1. The quantitative estimate of drug-likeness (QED) is 0.811. The molecule has 0 aliphatic heterocycles. The predicted octanol–water partition coefficient (Wildman–Crippen LogP) is 2.67. The molecule has 0 aromatic carbocycles. The third-order valence-corrected chi connectivity index (χ3v) is 2.58. The van der Waals surface area contributed by atoms with Gasteiger partial charge in [-0.25, -0.2) is 0 Å². The first-order chi connectivity index (χ1) is 7.06. The minimum absolute atomic E-state index is 0.416. The van der Waals surface area contributed by atoms with Crippen LogP contribution in [0.15, 0.2) is 0 Å². The molecule has 0 aliphatic rings. The molecule has 0 amide bonds. The number of aryl methyl sites for hydroxylation is 2. The van der Waals surface area contributed by atoms with Gasteiger partial charge < -0.3 is 5.11 Å². The molecule has 1 aromatic rings. The number of rotatable bonds is 5. The van der Waals surface area contributed by atoms with Crippen LogP contribution in [0.5, 0.6) is 5.75 Å². The Morgan fingerprint density at radius 1 is 1.40 bits per heavy atom. The highest BCUT2D eigenvalue weighted by Crippen LogP contribution is 2.25. The smallest absolute Gasteiger partial charge is 0.160 e. The SMILES string of the molecule is CCCCc1nn(C)c(CC(C)C)c1O. The monoisotopic (exact) mass is 210 g/mol. The summed E-state index contributed by atoms with van der Waals surface area (Å²) in [5.41, 5.74) is 1.83. The average molecular weight is 210 g/mol. The summed E-state index contributed by atoms with van der Waals surface area (Å²) in [6.07, 6.45) is 4.00. The van der Waals surface area contributed by atoms with E-state index in [1.165, 1.54) is 0 Å². The molecule has 0 atom stereocenters. The van der Waals surface area contributed by atoms with Crippen molar-refractivity contribution in [3.63, 3.8) is 0 Å². The van der Waals surface area contributed by atoms with Gasteiger partial charge in [-0.1, -0.05) is 27.2 Å². The second-order valence-electron chi connectivity index (χ2n) is 4.57. The van der Waals surface area contributed by atoms with Crippen molar-refractivity contribution in [2.75, 3.05) is 0 Å². The van der Waals surface area contributed by atoms with Gasteiger partial charge in [0.15, 0.2) is 5.75 Å². The van der Waals surface area contributed by atoms with Gasteiger partial charge in [0.25, 0.3) is 0 Å². The molecule has 0 bridgehead atoms. The number of aromatic nitrogens is 2. The molecule has 0 saturated heterocycles. The zero-order valence-electron chi connectivity index (χ0n) is 10.2. The molecular weight excluding hydrogens is 188 g/mol. The third-order valence-electron chi connectivity index (χ3n) is 2.58. The molecule has 0 unspecified atom stereocenters. The van der Waals surface area contributed by atoms with E-state index in [-0.39, 0.29) is 0 Å². The Hall–Kier alpha value is -0.990. The molecule has 0 saturated carbocycles.